The first-order valence-corrected chi connectivity index (χ1v) is 5.26. The van der Waals surface area contributed by atoms with Crippen molar-refractivity contribution in [1.82, 2.24) is 15.2 Å². The molecule has 0 spiro atoms. The molecule has 0 saturated carbocycles. The molecule has 6 heteroatoms. The molecule has 0 aliphatic rings. The van der Waals surface area contributed by atoms with Crippen molar-refractivity contribution in [2.24, 2.45) is 0 Å². The van der Waals surface area contributed by atoms with Gasteiger partial charge in [-0.1, -0.05) is 0 Å². The lowest BCUT2D eigenvalue weighted by Crippen LogP contribution is -1.87. The highest BCUT2D eigenvalue weighted by molar-refractivity contribution is 7.99. The summed E-state index contributed by atoms with van der Waals surface area (Å²) in [5.41, 5.74) is 0.585. The number of H-pyrrole nitrogens is 1. The minimum Gasteiger partial charge on any atom is -0.497 e. The monoisotopic (exact) mass is 232 g/mol. The van der Waals surface area contributed by atoms with Gasteiger partial charge in [0.05, 0.1) is 12.7 Å². The van der Waals surface area contributed by atoms with Gasteiger partial charge in [0.15, 0.2) is 5.16 Å². The van der Waals surface area contributed by atoms with Crippen LogP contribution in [0.15, 0.2) is 34.6 Å². The molecule has 0 fully saturated rings. The van der Waals surface area contributed by atoms with E-state index >= 15 is 0 Å². The van der Waals surface area contributed by atoms with E-state index in [4.69, 9.17) is 10.00 Å². The van der Waals surface area contributed by atoms with Crippen LogP contribution >= 0.6 is 11.8 Å². The summed E-state index contributed by atoms with van der Waals surface area (Å²) >= 11 is 1.34. The summed E-state index contributed by atoms with van der Waals surface area (Å²) in [5.74, 6) is 0.709. The topological polar surface area (TPSA) is 74.6 Å². The van der Waals surface area contributed by atoms with Crippen LogP contribution in [0.4, 0.5) is 0 Å². The van der Waals surface area contributed by atoms with Gasteiger partial charge in [0, 0.05) is 4.90 Å². The Morgan fingerprint density at radius 2 is 2.38 bits per heavy atom. The number of methoxy groups -OCH3 is 1. The van der Waals surface area contributed by atoms with Crippen LogP contribution in [0.5, 0.6) is 5.75 Å². The highest BCUT2D eigenvalue weighted by Gasteiger charge is 2.07. The Bertz CT molecular complexity index is 518. The zero-order valence-electron chi connectivity index (χ0n) is 8.47. The number of hydrogen-bond acceptors (Lipinski definition) is 5. The smallest absolute Gasteiger partial charge is 0.188 e. The molecule has 1 N–H and O–H groups in total. The number of nitrogens with zero attached hydrogens (tertiary/aromatic N) is 3. The van der Waals surface area contributed by atoms with Gasteiger partial charge in [0.1, 0.15) is 18.1 Å². The lowest BCUT2D eigenvalue weighted by atomic mass is 10.2. The predicted octanol–water partition coefficient (Wildman–Crippen LogP) is 1.84. The van der Waals surface area contributed by atoms with Crippen molar-refractivity contribution in [3.8, 4) is 11.8 Å². The predicted molar refractivity (Wildman–Crippen MR) is 58.2 cm³/mol. The number of ether oxygens (including phenoxy) is 1. The maximum atomic E-state index is 8.96. The Balaban J connectivity index is 2.34. The first kappa shape index (κ1) is 10.5. The van der Waals surface area contributed by atoms with Crippen molar-refractivity contribution in [1.29, 1.82) is 5.26 Å². The van der Waals surface area contributed by atoms with E-state index in [0.29, 0.717) is 16.5 Å². The van der Waals surface area contributed by atoms with Crippen molar-refractivity contribution >= 4 is 11.8 Å². The molecule has 0 amide bonds. The number of nitrogens with one attached hydrogen (secondary N) is 1. The van der Waals surface area contributed by atoms with Gasteiger partial charge in [0.2, 0.25) is 0 Å². The number of nitriles is 1. The molecule has 0 aliphatic heterocycles. The fraction of sp³-hybridized carbons (Fsp3) is 0.100. The molecule has 2 aromatic rings. The second kappa shape index (κ2) is 4.68. The number of aromatic amines is 1. The molecular weight excluding hydrogens is 224 g/mol. The molecule has 5 nitrogen and oxygen atoms in total. The number of benzene rings is 1. The van der Waals surface area contributed by atoms with Crippen LogP contribution in [-0.4, -0.2) is 22.3 Å². The Morgan fingerprint density at radius 1 is 1.50 bits per heavy atom. The third-order valence-corrected chi connectivity index (χ3v) is 2.86. The van der Waals surface area contributed by atoms with E-state index in [1.807, 2.05) is 0 Å². The van der Waals surface area contributed by atoms with Gasteiger partial charge in [-0.05, 0) is 30.0 Å². The summed E-state index contributed by atoms with van der Waals surface area (Å²) in [6, 6.07) is 7.39. The van der Waals surface area contributed by atoms with Crippen LogP contribution in [-0.2, 0) is 0 Å². The van der Waals surface area contributed by atoms with E-state index in [1.54, 1.807) is 25.3 Å². The van der Waals surface area contributed by atoms with E-state index in [1.165, 1.54) is 18.1 Å². The van der Waals surface area contributed by atoms with Crippen LogP contribution in [0.25, 0.3) is 0 Å². The highest BCUT2D eigenvalue weighted by Crippen LogP contribution is 2.30. The van der Waals surface area contributed by atoms with Gasteiger partial charge < -0.3 is 4.74 Å². The van der Waals surface area contributed by atoms with Crippen molar-refractivity contribution in [2.75, 3.05) is 7.11 Å². The maximum absolute atomic E-state index is 8.96. The third kappa shape index (κ3) is 2.15. The lowest BCUT2D eigenvalue weighted by Gasteiger charge is -2.04. The number of aromatic nitrogens is 3. The summed E-state index contributed by atoms with van der Waals surface area (Å²) in [5, 5.41) is 16.1. The second-order valence-corrected chi connectivity index (χ2v) is 3.90. The third-order valence-electron chi connectivity index (χ3n) is 1.91. The van der Waals surface area contributed by atoms with Gasteiger partial charge >= 0.3 is 0 Å². The normalized spacial score (nSPS) is 9.75. The van der Waals surface area contributed by atoms with Crippen LogP contribution < -0.4 is 4.74 Å². The average molecular weight is 232 g/mol. The summed E-state index contributed by atoms with van der Waals surface area (Å²) in [4.78, 5) is 4.78. The molecule has 0 radical (unpaired) electrons. The Morgan fingerprint density at radius 3 is 3.00 bits per heavy atom. The minimum absolute atomic E-state index is 0.585. The Labute approximate surface area is 96.5 Å². The molecule has 16 heavy (non-hydrogen) atoms. The molecule has 0 atom stereocenters. The maximum Gasteiger partial charge on any atom is 0.188 e. The molecule has 80 valence electrons. The van der Waals surface area contributed by atoms with Crippen LogP contribution in [0.1, 0.15) is 5.56 Å². The molecule has 1 aromatic heterocycles. The van der Waals surface area contributed by atoms with Crippen molar-refractivity contribution in [2.45, 2.75) is 10.1 Å². The number of hydrogen-bond donors (Lipinski definition) is 1. The van der Waals surface area contributed by atoms with Gasteiger partial charge in [-0.25, -0.2) is 4.98 Å². The molecule has 1 aromatic carbocycles. The molecule has 1 heterocycles. The van der Waals surface area contributed by atoms with Gasteiger partial charge in [-0.15, -0.1) is 0 Å². The SMILES string of the molecule is COc1ccc(C#N)c(Sc2ncn[nH]2)c1. The zero-order valence-corrected chi connectivity index (χ0v) is 9.28. The van der Waals surface area contributed by atoms with Crippen LogP contribution in [0.2, 0.25) is 0 Å². The van der Waals surface area contributed by atoms with Gasteiger partial charge in [-0.2, -0.15) is 10.4 Å². The van der Waals surface area contributed by atoms with E-state index < -0.39 is 0 Å². The van der Waals surface area contributed by atoms with Crippen molar-refractivity contribution in [3.05, 3.63) is 30.1 Å². The van der Waals surface area contributed by atoms with Crippen LogP contribution in [0.3, 0.4) is 0 Å². The van der Waals surface area contributed by atoms with Crippen molar-refractivity contribution < 1.29 is 4.74 Å². The van der Waals surface area contributed by atoms with E-state index in [2.05, 4.69) is 21.3 Å². The zero-order chi connectivity index (χ0) is 11.4. The quantitative estimate of drug-likeness (QED) is 0.873. The Hall–Kier alpha value is -2.00. The summed E-state index contributed by atoms with van der Waals surface area (Å²) in [6.45, 7) is 0. The largest absolute Gasteiger partial charge is 0.497 e. The molecule has 0 unspecified atom stereocenters. The first-order valence-electron chi connectivity index (χ1n) is 4.45. The summed E-state index contributed by atoms with van der Waals surface area (Å²) in [7, 11) is 1.59. The Kier molecular flexibility index (Phi) is 3.08. The fourth-order valence-corrected chi connectivity index (χ4v) is 1.96. The van der Waals surface area contributed by atoms with E-state index in [-0.39, 0.29) is 0 Å². The number of rotatable bonds is 3. The summed E-state index contributed by atoms with van der Waals surface area (Å²) < 4.78 is 5.10. The summed E-state index contributed by atoms with van der Waals surface area (Å²) in [6.07, 6.45) is 1.43. The van der Waals surface area contributed by atoms with E-state index in [9.17, 15) is 0 Å². The van der Waals surface area contributed by atoms with Gasteiger partial charge in [-0.3, -0.25) is 5.10 Å². The molecule has 0 bridgehead atoms. The standard InChI is InChI=1S/C10H8N4OS/c1-15-8-3-2-7(5-11)9(4-8)16-10-12-6-13-14-10/h2-4,6H,1H3,(H,12,13,14). The van der Waals surface area contributed by atoms with Gasteiger partial charge in [0.25, 0.3) is 0 Å². The van der Waals surface area contributed by atoms with Crippen molar-refractivity contribution in [3.63, 3.8) is 0 Å². The van der Waals surface area contributed by atoms with Crippen LogP contribution in [0, 0.1) is 11.3 Å². The van der Waals surface area contributed by atoms with E-state index in [0.717, 1.165) is 4.90 Å². The first-order chi connectivity index (χ1) is 7.83. The average Bonchev–Trinajstić information content (AvgIpc) is 2.82. The molecule has 0 saturated heterocycles. The lowest BCUT2D eigenvalue weighted by molar-refractivity contribution is 0.413. The minimum atomic E-state index is 0.585. The fourth-order valence-electron chi connectivity index (χ4n) is 1.15. The molecule has 0 aliphatic carbocycles. The second-order valence-electron chi connectivity index (χ2n) is 2.87. The molecular formula is C10H8N4OS. The molecule has 2 rings (SSSR count). The highest BCUT2D eigenvalue weighted by atomic mass is 32.2.